The number of halogens is 1. The monoisotopic (exact) mass is 493 g/mol. The zero-order valence-corrected chi connectivity index (χ0v) is 19.3. The van der Waals surface area contributed by atoms with Crippen molar-refractivity contribution in [3.05, 3.63) is 17.5 Å². The summed E-state index contributed by atoms with van der Waals surface area (Å²) in [6.07, 6.45) is 2.13. The van der Waals surface area contributed by atoms with Crippen molar-refractivity contribution in [2.24, 2.45) is 4.99 Å². The molecule has 2 aliphatic heterocycles. The van der Waals surface area contributed by atoms with Crippen molar-refractivity contribution in [1.29, 1.82) is 0 Å². The van der Waals surface area contributed by atoms with Crippen LogP contribution in [0.1, 0.15) is 12.8 Å². The molecule has 0 saturated carbocycles. The number of guanidine groups is 1. The average molecular weight is 493 g/mol. The lowest BCUT2D eigenvalue weighted by molar-refractivity contribution is -0.00526. The lowest BCUT2D eigenvalue weighted by Crippen LogP contribution is -2.59. The Kier molecular flexibility index (Phi) is 8.43. The van der Waals surface area contributed by atoms with Gasteiger partial charge in [-0.2, -0.15) is 0 Å². The van der Waals surface area contributed by atoms with Crippen molar-refractivity contribution in [2.45, 2.75) is 18.4 Å². The van der Waals surface area contributed by atoms with Crippen molar-refractivity contribution in [3.8, 4) is 0 Å². The number of aliphatic imine (C=N–C) groups is 1. The van der Waals surface area contributed by atoms with Crippen LogP contribution in [0.2, 0.25) is 0 Å². The van der Waals surface area contributed by atoms with Crippen molar-refractivity contribution in [2.75, 3.05) is 72.0 Å². The van der Waals surface area contributed by atoms with E-state index < -0.39 is 0 Å². The molecule has 1 aromatic rings. The van der Waals surface area contributed by atoms with E-state index in [1.165, 1.54) is 5.00 Å². The lowest BCUT2D eigenvalue weighted by Gasteiger charge is -2.44. The van der Waals surface area contributed by atoms with Gasteiger partial charge < -0.3 is 24.8 Å². The highest BCUT2D eigenvalue weighted by Crippen LogP contribution is 2.25. The minimum absolute atomic E-state index is 0. The normalized spacial score (nSPS) is 20.8. The number of ether oxygens (including phenoxy) is 1. The van der Waals surface area contributed by atoms with E-state index in [0.717, 1.165) is 64.7 Å². The van der Waals surface area contributed by atoms with Gasteiger partial charge in [-0.05, 0) is 44.4 Å². The molecule has 1 aromatic heterocycles. The number of thiophene rings is 1. The summed E-state index contributed by atoms with van der Waals surface area (Å²) in [6.45, 7) is 6.73. The second-order valence-electron chi connectivity index (χ2n) is 7.06. The van der Waals surface area contributed by atoms with Crippen LogP contribution >= 0.6 is 35.3 Å². The van der Waals surface area contributed by atoms with Crippen LogP contribution in [-0.2, 0) is 4.74 Å². The van der Waals surface area contributed by atoms with E-state index in [1.54, 1.807) is 0 Å². The molecule has 0 aromatic carbocycles. The standard InChI is InChI=1S/C18H31N5OS.HI/c1-19-17(20-15-18(21(2)3)6-12-24-13-7-18)23-10-8-22(9-11-23)16-5-4-14-25-16;/h4-5,14H,6-13,15H2,1-3H3,(H,19,20);1H. The van der Waals surface area contributed by atoms with E-state index in [1.807, 2.05) is 18.4 Å². The molecule has 26 heavy (non-hydrogen) atoms. The van der Waals surface area contributed by atoms with E-state index in [0.29, 0.717) is 0 Å². The Morgan fingerprint density at radius 1 is 1.27 bits per heavy atom. The maximum atomic E-state index is 5.57. The zero-order chi connectivity index (χ0) is 17.7. The Morgan fingerprint density at radius 3 is 2.50 bits per heavy atom. The molecular weight excluding hydrogens is 461 g/mol. The van der Waals surface area contributed by atoms with Crippen LogP contribution in [0.5, 0.6) is 0 Å². The molecule has 0 unspecified atom stereocenters. The van der Waals surface area contributed by atoms with Crippen molar-refractivity contribution >= 4 is 46.3 Å². The van der Waals surface area contributed by atoms with Gasteiger partial charge >= 0.3 is 0 Å². The Hall–Kier alpha value is -0.580. The minimum atomic E-state index is 0. The molecule has 2 aliphatic rings. The van der Waals surface area contributed by atoms with E-state index in [4.69, 9.17) is 4.74 Å². The minimum Gasteiger partial charge on any atom is -0.381 e. The van der Waals surface area contributed by atoms with Crippen molar-refractivity contribution in [1.82, 2.24) is 15.1 Å². The number of anilines is 1. The summed E-state index contributed by atoms with van der Waals surface area (Å²) >= 11 is 1.82. The Bertz CT molecular complexity index is 552. The third-order valence-electron chi connectivity index (χ3n) is 5.56. The van der Waals surface area contributed by atoms with Gasteiger partial charge in [0.05, 0.1) is 5.00 Å². The molecule has 1 N–H and O–H groups in total. The maximum absolute atomic E-state index is 5.57. The fraction of sp³-hybridized carbons (Fsp3) is 0.722. The molecule has 6 nitrogen and oxygen atoms in total. The number of hydrogen-bond donors (Lipinski definition) is 1. The van der Waals surface area contributed by atoms with Gasteiger partial charge in [-0.3, -0.25) is 4.99 Å². The Morgan fingerprint density at radius 2 is 1.96 bits per heavy atom. The number of likely N-dealkylation sites (N-methyl/N-ethyl adjacent to an activating group) is 1. The summed E-state index contributed by atoms with van der Waals surface area (Å²) in [6, 6.07) is 4.33. The average Bonchev–Trinajstić information content (AvgIpc) is 3.18. The summed E-state index contributed by atoms with van der Waals surface area (Å²) in [5, 5.41) is 7.16. The van der Waals surface area contributed by atoms with Crippen LogP contribution in [0.3, 0.4) is 0 Å². The third-order valence-corrected chi connectivity index (χ3v) is 6.49. The fourth-order valence-corrected chi connectivity index (χ4v) is 4.48. The summed E-state index contributed by atoms with van der Waals surface area (Å²) in [4.78, 5) is 11.7. The molecule has 8 heteroatoms. The van der Waals surface area contributed by atoms with Gasteiger partial charge in [-0.1, -0.05) is 0 Å². The number of hydrogen-bond acceptors (Lipinski definition) is 5. The van der Waals surface area contributed by atoms with Gasteiger partial charge in [0.15, 0.2) is 5.96 Å². The summed E-state index contributed by atoms with van der Waals surface area (Å²) < 4.78 is 5.57. The Labute approximate surface area is 178 Å². The molecule has 0 amide bonds. The molecule has 2 fully saturated rings. The van der Waals surface area contributed by atoms with Crippen LogP contribution in [0.15, 0.2) is 22.5 Å². The highest BCUT2D eigenvalue weighted by molar-refractivity contribution is 14.0. The van der Waals surface area contributed by atoms with Gasteiger partial charge in [0.25, 0.3) is 0 Å². The molecule has 3 rings (SSSR count). The first kappa shape index (κ1) is 21.7. The second-order valence-corrected chi connectivity index (χ2v) is 7.98. The van der Waals surface area contributed by atoms with Gasteiger partial charge in [0.2, 0.25) is 0 Å². The summed E-state index contributed by atoms with van der Waals surface area (Å²) in [5.74, 6) is 1.03. The molecule has 0 spiro atoms. The van der Waals surface area contributed by atoms with E-state index in [-0.39, 0.29) is 29.5 Å². The smallest absolute Gasteiger partial charge is 0.193 e. The molecular formula is C18H32IN5OS. The Balaban J connectivity index is 0.00000243. The molecule has 148 valence electrons. The first-order chi connectivity index (χ1) is 12.1. The van der Waals surface area contributed by atoms with Gasteiger partial charge in [-0.25, -0.2) is 0 Å². The number of piperazine rings is 1. The van der Waals surface area contributed by atoms with Crippen LogP contribution in [0.4, 0.5) is 5.00 Å². The largest absolute Gasteiger partial charge is 0.381 e. The van der Waals surface area contributed by atoms with E-state index >= 15 is 0 Å². The molecule has 0 aliphatic carbocycles. The highest BCUT2D eigenvalue weighted by atomic mass is 127. The number of rotatable bonds is 4. The number of nitrogens with one attached hydrogen (secondary N) is 1. The van der Waals surface area contributed by atoms with Gasteiger partial charge in [0, 0.05) is 58.5 Å². The SMILES string of the molecule is CN=C(NCC1(N(C)C)CCOCC1)N1CCN(c2cccs2)CC1.I. The number of nitrogens with zero attached hydrogens (tertiary/aromatic N) is 4. The zero-order valence-electron chi connectivity index (χ0n) is 16.1. The highest BCUT2D eigenvalue weighted by Gasteiger charge is 2.35. The lowest BCUT2D eigenvalue weighted by atomic mass is 9.88. The van der Waals surface area contributed by atoms with E-state index in [2.05, 4.69) is 56.6 Å². The van der Waals surface area contributed by atoms with Crippen LogP contribution in [0, 0.1) is 0 Å². The summed E-state index contributed by atoms with van der Waals surface area (Å²) in [5.41, 5.74) is 0.160. The fourth-order valence-electron chi connectivity index (χ4n) is 3.70. The molecule has 0 radical (unpaired) electrons. The predicted molar refractivity (Wildman–Crippen MR) is 121 cm³/mol. The molecule has 2 saturated heterocycles. The van der Waals surface area contributed by atoms with Crippen LogP contribution in [-0.4, -0.2) is 88.4 Å². The second kappa shape index (κ2) is 10.1. The van der Waals surface area contributed by atoms with Gasteiger partial charge in [-0.15, -0.1) is 35.3 Å². The topological polar surface area (TPSA) is 43.3 Å². The third kappa shape index (κ3) is 5.02. The quantitative estimate of drug-likeness (QED) is 0.396. The van der Waals surface area contributed by atoms with Crippen LogP contribution in [0.25, 0.3) is 0 Å². The molecule has 0 bridgehead atoms. The first-order valence-corrected chi connectivity index (χ1v) is 10.0. The van der Waals surface area contributed by atoms with Crippen LogP contribution < -0.4 is 10.2 Å². The van der Waals surface area contributed by atoms with Crippen molar-refractivity contribution < 1.29 is 4.74 Å². The summed E-state index contributed by atoms with van der Waals surface area (Å²) in [7, 11) is 6.24. The van der Waals surface area contributed by atoms with Crippen molar-refractivity contribution in [3.63, 3.8) is 0 Å². The maximum Gasteiger partial charge on any atom is 0.193 e. The predicted octanol–water partition coefficient (Wildman–Crippen LogP) is 2.17. The molecule has 0 atom stereocenters. The first-order valence-electron chi connectivity index (χ1n) is 9.14. The van der Waals surface area contributed by atoms with E-state index in [9.17, 15) is 0 Å². The van der Waals surface area contributed by atoms with Gasteiger partial charge in [0.1, 0.15) is 0 Å². The molecule has 3 heterocycles.